The maximum atomic E-state index is 11.7. The van der Waals surface area contributed by atoms with Crippen molar-refractivity contribution in [2.75, 3.05) is 13.7 Å². The van der Waals surface area contributed by atoms with E-state index in [2.05, 4.69) is 10.3 Å². The molecule has 0 spiro atoms. The molecule has 0 saturated carbocycles. The molecule has 5 nitrogen and oxygen atoms in total. The summed E-state index contributed by atoms with van der Waals surface area (Å²) in [6.07, 6.45) is 4.75. The Balaban J connectivity index is 2.32. The molecular formula is C15H24N2O3. The van der Waals surface area contributed by atoms with Gasteiger partial charge in [0.05, 0.1) is 19.4 Å². The molecule has 0 bridgehead atoms. The van der Waals surface area contributed by atoms with Crippen LogP contribution in [0.15, 0.2) is 18.5 Å². The van der Waals surface area contributed by atoms with E-state index < -0.39 is 6.10 Å². The van der Waals surface area contributed by atoms with Crippen molar-refractivity contribution in [1.82, 2.24) is 10.3 Å². The molecule has 0 radical (unpaired) electrons. The topological polar surface area (TPSA) is 71.5 Å². The van der Waals surface area contributed by atoms with Gasteiger partial charge in [-0.25, -0.2) is 0 Å². The lowest BCUT2D eigenvalue weighted by atomic mass is 10.0. The number of nitrogens with one attached hydrogen (secondary N) is 1. The summed E-state index contributed by atoms with van der Waals surface area (Å²) in [6.45, 7) is 4.30. The summed E-state index contributed by atoms with van der Waals surface area (Å²) in [4.78, 5) is 15.8. The van der Waals surface area contributed by atoms with Gasteiger partial charge in [-0.2, -0.15) is 0 Å². The summed E-state index contributed by atoms with van der Waals surface area (Å²) in [5, 5.41) is 12.5. The number of carbonyl (C=O) groups is 1. The summed E-state index contributed by atoms with van der Waals surface area (Å²) >= 11 is 0. The van der Waals surface area contributed by atoms with E-state index in [4.69, 9.17) is 4.74 Å². The van der Waals surface area contributed by atoms with Crippen molar-refractivity contribution >= 4 is 5.91 Å². The van der Waals surface area contributed by atoms with Crippen LogP contribution in [0.25, 0.3) is 0 Å². The van der Waals surface area contributed by atoms with Crippen LogP contribution in [0.2, 0.25) is 0 Å². The quantitative estimate of drug-likeness (QED) is 0.758. The van der Waals surface area contributed by atoms with Crippen LogP contribution in [0.4, 0.5) is 0 Å². The number of hydrogen-bond donors (Lipinski definition) is 2. The SMILES string of the molecule is CCC(C)C(O)CNC(=O)CCc1cncc(OC)c1. The van der Waals surface area contributed by atoms with Gasteiger partial charge in [-0.15, -0.1) is 0 Å². The van der Waals surface area contributed by atoms with E-state index in [1.165, 1.54) is 0 Å². The van der Waals surface area contributed by atoms with Crippen LogP contribution in [0.3, 0.4) is 0 Å². The van der Waals surface area contributed by atoms with Crippen molar-refractivity contribution in [3.63, 3.8) is 0 Å². The number of carbonyl (C=O) groups excluding carboxylic acids is 1. The number of ether oxygens (including phenoxy) is 1. The number of rotatable bonds is 8. The number of aliphatic hydroxyl groups is 1. The Hall–Kier alpha value is -1.62. The molecule has 0 aliphatic rings. The first-order valence-electron chi connectivity index (χ1n) is 6.99. The van der Waals surface area contributed by atoms with Crippen LogP contribution in [0, 0.1) is 5.92 Å². The standard InChI is InChI=1S/C15H24N2O3/c1-4-11(2)14(18)10-17-15(19)6-5-12-7-13(20-3)9-16-8-12/h7-9,11,14,18H,4-6,10H2,1-3H3,(H,17,19). The molecule has 20 heavy (non-hydrogen) atoms. The minimum atomic E-state index is -0.484. The second kappa shape index (κ2) is 8.53. The number of hydrogen-bond acceptors (Lipinski definition) is 4. The number of aromatic nitrogens is 1. The minimum Gasteiger partial charge on any atom is -0.495 e. The predicted octanol–water partition coefficient (Wildman–Crippen LogP) is 1.55. The molecular weight excluding hydrogens is 256 g/mol. The van der Waals surface area contributed by atoms with Crippen molar-refractivity contribution in [2.45, 2.75) is 39.2 Å². The smallest absolute Gasteiger partial charge is 0.220 e. The largest absolute Gasteiger partial charge is 0.495 e. The highest BCUT2D eigenvalue weighted by Gasteiger charge is 2.13. The van der Waals surface area contributed by atoms with Crippen molar-refractivity contribution in [2.24, 2.45) is 5.92 Å². The predicted molar refractivity (Wildman–Crippen MR) is 77.6 cm³/mol. The van der Waals surface area contributed by atoms with Crippen molar-refractivity contribution in [1.29, 1.82) is 0 Å². The number of nitrogens with zero attached hydrogens (tertiary/aromatic N) is 1. The summed E-state index contributed by atoms with van der Waals surface area (Å²) in [6, 6.07) is 1.87. The zero-order valence-electron chi connectivity index (χ0n) is 12.4. The molecule has 0 aliphatic carbocycles. The average Bonchev–Trinajstić information content (AvgIpc) is 2.49. The molecule has 2 atom stereocenters. The Bertz CT molecular complexity index is 423. The summed E-state index contributed by atoms with van der Waals surface area (Å²) < 4.78 is 5.08. The fourth-order valence-corrected chi connectivity index (χ4v) is 1.75. The Labute approximate surface area is 120 Å². The van der Waals surface area contributed by atoms with Gasteiger partial charge in [-0.3, -0.25) is 9.78 Å². The number of aliphatic hydroxyl groups excluding tert-OH is 1. The van der Waals surface area contributed by atoms with Gasteiger partial charge in [-0.1, -0.05) is 20.3 Å². The van der Waals surface area contributed by atoms with E-state index in [0.717, 1.165) is 12.0 Å². The lowest BCUT2D eigenvalue weighted by Gasteiger charge is -2.17. The number of pyridine rings is 1. The summed E-state index contributed by atoms with van der Waals surface area (Å²) in [5.41, 5.74) is 0.960. The number of aryl methyl sites for hydroxylation is 1. The summed E-state index contributed by atoms with van der Waals surface area (Å²) in [7, 11) is 1.59. The molecule has 1 rings (SSSR count). The normalized spacial score (nSPS) is 13.6. The molecule has 0 aromatic carbocycles. The van der Waals surface area contributed by atoms with Crippen LogP contribution < -0.4 is 10.1 Å². The molecule has 2 unspecified atom stereocenters. The van der Waals surface area contributed by atoms with Crippen molar-refractivity contribution in [3.8, 4) is 5.75 Å². The Morgan fingerprint density at radius 2 is 2.25 bits per heavy atom. The molecule has 0 saturated heterocycles. The van der Waals surface area contributed by atoms with Gasteiger partial charge >= 0.3 is 0 Å². The van der Waals surface area contributed by atoms with E-state index in [9.17, 15) is 9.90 Å². The molecule has 2 N–H and O–H groups in total. The van der Waals surface area contributed by atoms with Gasteiger partial charge in [-0.05, 0) is 24.0 Å². The first-order valence-corrected chi connectivity index (χ1v) is 6.99. The molecule has 1 aromatic rings. The number of methoxy groups -OCH3 is 1. The second-order valence-corrected chi connectivity index (χ2v) is 4.99. The fourth-order valence-electron chi connectivity index (χ4n) is 1.75. The van der Waals surface area contributed by atoms with E-state index in [0.29, 0.717) is 25.1 Å². The molecule has 0 aliphatic heterocycles. The Morgan fingerprint density at radius 1 is 1.50 bits per heavy atom. The second-order valence-electron chi connectivity index (χ2n) is 4.99. The fraction of sp³-hybridized carbons (Fsp3) is 0.600. The molecule has 0 fully saturated rings. The van der Waals surface area contributed by atoms with Crippen LogP contribution in [-0.2, 0) is 11.2 Å². The molecule has 5 heteroatoms. The third-order valence-corrected chi connectivity index (χ3v) is 3.46. The van der Waals surface area contributed by atoms with Crippen LogP contribution >= 0.6 is 0 Å². The third kappa shape index (κ3) is 5.57. The van der Waals surface area contributed by atoms with Crippen molar-refractivity contribution in [3.05, 3.63) is 24.0 Å². The first kappa shape index (κ1) is 16.4. The lowest BCUT2D eigenvalue weighted by molar-refractivity contribution is -0.121. The van der Waals surface area contributed by atoms with Gasteiger partial charge in [0.15, 0.2) is 0 Å². The van der Waals surface area contributed by atoms with Crippen LogP contribution in [-0.4, -0.2) is 35.8 Å². The van der Waals surface area contributed by atoms with Gasteiger partial charge in [0.1, 0.15) is 5.75 Å². The third-order valence-electron chi connectivity index (χ3n) is 3.46. The van der Waals surface area contributed by atoms with Crippen LogP contribution in [0.5, 0.6) is 5.75 Å². The molecule has 1 heterocycles. The first-order chi connectivity index (χ1) is 9.56. The Morgan fingerprint density at radius 3 is 2.90 bits per heavy atom. The average molecular weight is 280 g/mol. The van der Waals surface area contributed by atoms with E-state index in [-0.39, 0.29) is 11.8 Å². The maximum absolute atomic E-state index is 11.7. The number of amides is 1. The van der Waals surface area contributed by atoms with Crippen molar-refractivity contribution < 1.29 is 14.6 Å². The minimum absolute atomic E-state index is 0.0600. The lowest BCUT2D eigenvalue weighted by Crippen LogP contribution is -2.35. The summed E-state index contributed by atoms with van der Waals surface area (Å²) in [5.74, 6) is 0.822. The highest BCUT2D eigenvalue weighted by molar-refractivity contribution is 5.76. The molecule has 1 amide bonds. The highest BCUT2D eigenvalue weighted by Crippen LogP contribution is 2.11. The molecule has 1 aromatic heterocycles. The van der Waals surface area contributed by atoms with E-state index in [1.807, 2.05) is 19.9 Å². The van der Waals surface area contributed by atoms with E-state index >= 15 is 0 Å². The van der Waals surface area contributed by atoms with Crippen LogP contribution in [0.1, 0.15) is 32.3 Å². The van der Waals surface area contributed by atoms with Gasteiger partial charge < -0.3 is 15.2 Å². The van der Waals surface area contributed by atoms with Gasteiger partial charge in [0, 0.05) is 19.2 Å². The zero-order chi connectivity index (χ0) is 15.0. The van der Waals surface area contributed by atoms with E-state index in [1.54, 1.807) is 19.5 Å². The Kier molecular flexibility index (Phi) is 7.01. The zero-order valence-corrected chi connectivity index (χ0v) is 12.4. The van der Waals surface area contributed by atoms with Gasteiger partial charge in [0.25, 0.3) is 0 Å². The maximum Gasteiger partial charge on any atom is 0.220 e. The van der Waals surface area contributed by atoms with Gasteiger partial charge in [0.2, 0.25) is 5.91 Å². The monoisotopic (exact) mass is 280 g/mol. The molecule has 112 valence electrons. The highest BCUT2D eigenvalue weighted by atomic mass is 16.5.